The normalized spacial score (nSPS) is 22.9. The van der Waals surface area contributed by atoms with E-state index in [9.17, 15) is 4.79 Å². The lowest BCUT2D eigenvalue weighted by molar-refractivity contribution is -0.118. The molecule has 0 spiro atoms. The number of piperidine rings is 1. The zero-order valence-electron chi connectivity index (χ0n) is 11.9. The number of benzene rings is 1. The Kier molecular flexibility index (Phi) is 4.43. The molecular formula is C15H23N3O. The van der Waals surface area contributed by atoms with Gasteiger partial charge >= 0.3 is 0 Å². The molecule has 1 aliphatic heterocycles. The second-order valence-corrected chi connectivity index (χ2v) is 5.48. The van der Waals surface area contributed by atoms with Crippen LogP contribution >= 0.6 is 0 Å². The molecule has 19 heavy (non-hydrogen) atoms. The highest BCUT2D eigenvalue weighted by Gasteiger charge is 2.23. The number of rotatable bonds is 3. The Hall–Kier alpha value is -1.55. The molecule has 4 nitrogen and oxygen atoms in total. The zero-order valence-corrected chi connectivity index (χ0v) is 11.9. The van der Waals surface area contributed by atoms with E-state index >= 15 is 0 Å². The van der Waals surface area contributed by atoms with Gasteiger partial charge in [-0.15, -0.1) is 0 Å². The monoisotopic (exact) mass is 261 g/mol. The molecule has 0 radical (unpaired) electrons. The van der Waals surface area contributed by atoms with Gasteiger partial charge in [0.25, 0.3) is 0 Å². The Morgan fingerprint density at radius 2 is 1.95 bits per heavy atom. The number of carbonyl (C=O) groups is 1. The minimum atomic E-state index is -0.0581. The van der Waals surface area contributed by atoms with E-state index in [1.54, 1.807) is 0 Å². The number of carbonyl (C=O) groups excluding carboxylic acids is 1. The summed E-state index contributed by atoms with van der Waals surface area (Å²) in [6.07, 6.45) is 3.19. The molecule has 1 aromatic rings. The molecule has 0 aromatic heterocycles. The fourth-order valence-electron chi connectivity index (χ4n) is 2.42. The molecule has 4 heteroatoms. The van der Waals surface area contributed by atoms with E-state index in [2.05, 4.69) is 17.6 Å². The summed E-state index contributed by atoms with van der Waals surface area (Å²) in [7, 11) is 4.00. The summed E-state index contributed by atoms with van der Waals surface area (Å²) in [5.74, 6) is 0.0733. The lowest BCUT2D eigenvalue weighted by Gasteiger charge is -2.27. The van der Waals surface area contributed by atoms with Crippen LogP contribution in [0.15, 0.2) is 24.3 Å². The first-order valence-corrected chi connectivity index (χ1v) is 6.90. The summed E-state index contributed by atoms with van der Waals surface area (Å²) in [6, 6.07) is 8.27. The summed E-state index contributed by atoms with van der Waals surface area (Å²) in [6.45, 7) is 2.13. The standard InChI is InChI=1S/C15H23N3O/c1-11-5-4-6-14(16-11)15(19)17-12-7-9-13(10-8-12)18(2)3/h7-11,14,16H,4-6H2,1-3H3,(H,17,19). The Bertz CT molecular complexity index is 428. The maximum Gasteiger partial charge on any atom is 0.241 e. The molecule has 2 rings (SSSR count). The summed E-state index contributed by atoms with van der Waals surface area (Å²) >= 11 is 0. The average Bonchev–Trinajstić information content (AvgIpc) is 2.39. The number of hydrogen-bond acceptors (Lipinski definition) is 3. The second kappa shape index (κ2) is 6.06. The molecule has 0 bridgehead atoms. The third-order valence-corrected chi connectivity index (χ3v) is 3.58. The molecule has 2 atom stereocenters. The molecule has 2 unspecified atom stereocenters. The van der Waals surface area contributed by atoms with Crippen LogP contribution in [0, 0.1) is 0 Å². The first kappa shape index (κ1) is 13.9. The van der Waals surface area contributed by atoms with E-state index < -0.39 is 0 Å². The van der Waals surface area contributed by atoms with Crippen molar-refractivity contribution in [3.63, 3.8) is 0 Å². The van der Waals surface area contributed by atoms with Crippen molar-refractivity contribution >= 4 is 17.3 Å². The summed E-state index contributed by atoms with van der Waals surface area (Å²) in [5, 5.41) is 6.32. The maximum atomic E-state index is 12.1. The van der Waals surface area contributed by atoms with Gasteiger partial charge in [0, 0.05) is 31.5 Å². The molecule has 1 heterocycles. The van der Waals surface area contributed by atoms with E-state index in [1.807, 2.05) is 43.3 Å². The van der Waals surface area contributed by atoms with Crippen LogP contribution in [-0.2, 0) is 4.79 Å². The van der Waals surface area contributed by atoms with Crippen LogP contribution in [0.5, 0.6) is 0 Å². The first-order valence-electron chi connectivity index (χ1n) is 6.90. The lowest BCUT2D eigenvalue weighted by atomic mass is 9.99. The molecule has 104 valence electrons. The van der Waals surface area contributed by atoms with Crippen molar-refractivity contribution in [3.8, 4) is 0 Å². The van der Waals surface area contributed by atoms with Gasteiger partial charge in [0.15, 0.2) is 0 Å². The maximum absolute atomic E-state index is 12.1. The minimum absolute atomic E-state index is 0.0581. The molecular weight excluding hydrogens is 238 g/mol. The number of nitrogens with zero attached hydrogens (tertiary/aromatic N) is 1. The van der Waals surface area contributed by atoms with Crippen LogP contribution in [0.1, 0.15) is 26.2 Å². The van der Waals surface area contributed by atoms with Gasteiger partial charge in [-0.1, -0.05) is 0 Å². The molecule has 1 fully saturated rings. The van der Waals surface area contributed by atoms with Crippen LogP contribution in [0.3, 0.4) is 0 Å². The van der Waals surface area contributed by atoms with E-state index in [0.29, 0.717) is 6.04 Å². The fraction of sp³-hybridized carbons (Fsp3) is 0.533. The van der Waals surface area contributed by atoms with Crippen molar-refractivity contribution in [3.05, 3.63) is 24.3 Å². The van der Waals surface area contributed by atoms with Gasteiger partial charge in [-0.3, -0.25) is 4.79 Å². The third kappa shape index (κ3) is 3.70. The number of amides is 1. The van der Waals surface area contributed by atoms with Crippen LogP contribution in [0.2, 0.25) is 0 Å². The molecule has 1 aromatic carbocycles. The lowest BCUT2D eigenvalue weighted by Crippen LogP contribution is -2.47. The number of anilines is 2. The highest BCUT2D eigenvalue weighted by molar-refractivity contribution is 5.95. The Labute approximate surface area is 115 Å². The SMILES string of the molecule is CC1CCCC(C(=O)Nc2ccc(N(C)C)cc2)N1. The van der Waals surface area contributed by atoms with Gasteiger partial charge in [0.2, 0.25) is 5.91 Å². The Morgan fingerprint density at radius 3 is 2.53 bits per heavy atom. The van der Waals surface area contributed by atoms with Gasteiger partial charge < -0.3 is 15.5 Å². The predicted molar refractivity (Wildman–Crippen MR) is 79.6 cm³/mol. The van der Waals surface area contributed by atoms with E-state index in [4.69, 9.17) is 0 Å². The smallest absolute Gasteiger partial charge is 0.241 e. The second-order valence-electron chi connectivity index (χ2n) is 5.48. The van der Waals surface area contributed by atoms with Crippen LogP contribution in [0.4, 0.5) is 11.4 Å². The van der Waals surface area contributed by atoms with Crippen molar-refractivity contribution < 1.29 is 4.79 Å². The predicted octanol–water partition coefficient (Wildman–Crippen LogP) is 2.22. The molecule has 2 N–H and O–H groups in total. The third-order valence-electron chi connectivity index (χ3n) is 3.58. The van der Waals surface area contributed by atoms with Crippen molar-refractivity contribution in [2.75, 3.05) is 24.3 Å². The summed E-state index contributed by atoms with van der Waals surface area (Å²) in [5.41, 5.74) is 1.98. The van der Waals surface area contributed by atoms with Crippen LogP contribution in [-0.4, -0.2) is 32.1 Å². The van der Waals surface area contributed by atoms with Gasteiger partial charge in [-0.25, -0.2) is 0 Å². The highest BCUT2D eigenvalue weighted by Crippen LogP contribution is 2.17. The highest BCUT2D eigenvalue weighted by atomic mass is 16.2. The quantitative estimate of drug-likeness (QED) is 0.877. The zero-order chi connectivity index (χ0) is 13.8. The topological polar surface area (TPSA) is 44.4 Å². The molecule has 1 amide bonds. The molecule has 1 saturated heterocycles. The van der Waals surface area contributed by atoms with Crippen molar-refractivity contribution in [1.82, 2.24) is 5.32 Å². The average molecular weight is 261 g/mol. The van der Waals surface area contributed by atoms with Crippen molar-refractivity contribution in [2.45, 2.75) is 38.3 Å². The van der Waals surface area contributed by atoms with Crippen LogP contribution in [0.25, 0.3) is 0 Å². The minimum Gasteiger partial charge on any atom is -0.378 e. The molecule has 1 aliphatic rings. The Balaban J connectivity index is 1.94. The van der Waals surface area contributed by atoms with E-state index in [1.165, 1.54) is 0 Å². The van der Waals surface area contributed by atoms with Gasteiger partial charge in [-0.05, 0) is 50.5 Å². The van der Waals surface area contributed by atoms with Crippen molar-refractivity contribution in [1.29, 1.82) is 0 Å². The van der Waals surface area contributed by atoms with Crippen LogP contribution < -0.4 is 15.5 Å². The molecule has 0 saturated carbocycles. The first-order chi connectivity index (χ1) is 9.06. The number of nitrogens with one attached hydrogen (secondary N) is 2. The van der Waals surface area contributed by atoms with Gasteiger partial charge in [0.1, 0.15) is 0 Å². The van der Waals surface area contributed by atoms with Gasteiger partial charge in [-0.2, -0.15) is 0 Å². The van der Waals surface area contributed by atoms with E-state index in [0.717, 1.165) is 30.6 Å². The summed E-state index contributed by atoms with van der Waals surface area (Å²) in [4.78, 5) is 14.2. The Morgan fingerprint density at radius 1 is 1.26 bits per heavy atom. The molecule has 0 aliphatic carbocycles. The van der Waals surface area contributed by atoms with Crippen molar-refractivity contribution in [2.24, 2.45) is 0 Å². The van der Waals surface area contributed by atoms with Gasteiger partial charge in [0.05, 0.1) is 6.04 Å². The fourth-order valence-corrected chi connectivity index (χ4v) is 2.42. The number of hydrogen-bond donors (Lipinski definition) is 2. The van der Waals surface area contributed by atoms with E-state index in [-0.39, 0.29) is 11.9 Å². The summed E-state index contributed by atoms with van der Waals surface area (Å²) < 4.78 is 0. The largest absolute Gasteiger partial charge is 0.378 e.